The summed E-state index contributed by atoms with van der Waals surface area (Å²) in [5.41, 5.74) is 5.40. The van der Waals surface area contributed by atoms with Gasteiger partial charge in [0.05, 0.1) is 0 Å². The normalized spacial score (nSPS) is 14.8. The molecule has 98 valence electrons. The molecule has 1 aromatic carbocycles. The van der Waals surface area contributed by atoms with Crippen molar-refractivity contribution < 1.29 is 0 Å². The zero-order chi connectivity index (χ0) is 13.1. The van der Waals surface area contributed by atoms with E-state index in [1.54, 1.807) is 0 Å². The predicted molar refractivity (Wildman–Crippen MR) is 78.1 cm³/mol. The lowest BCUT2D eigenvalue weighted by atomic mass is 10.1. The monoisotopic (exact) mass is 253 g/mol. The maximum atomic E-state index is 4.06. The second-order valence-electron chi connectivity index (χ2n) is 5.01. The van der Waals surface area contributed by atoms with Crippen LogP contribution in [0.4, 0.5) is 5.69 Å². The highest BCUT2D eigenvalue weighted by Crippen LogP contribution is 2.26. The van der Waals surface area contributed by atoms with E-state index in [1.165, 1.54) is 22.4 Å². The van der Waals surface area contributed by atoms with E-state index in [9.17, 15) is 0 Å². The van der Waals surface area contributed by atoms with Crippen molar-refractivity contribution in [1.82, 2.24) is 10.3 Å². The van der Waals surface area contributed by atoms with Crippen molar-refractivity contribution in [3.63, 3.8) is 0 Å². The van der Waals surface area contributed by atoms with Crippen LogP contribution >= 0.6 is 0 Å². The van der Waals surface area contributed by atoms with E-state index >= 15 is 0 Å². The van der Waals surface area contributed by atoms with Crippen LogP contribution in [-0.2, 0) is 13.0 Å². The van der Waals surface area contributed by atoms with Crippen LogP contribution < -0.4 is 10.6 Å². The van der Waals surface area contributed by atoms with Gasteiger partial charge in [0.1, 0.15) is 0 Å². The Bertz CT molecular complexity index is 551. The number of pyridine rings is 1. The van der Waals surface area contributed by atoms with Gasteiger partial charge in [0, 0.05) is 37.2 Å². The molecular weight excluding hydrogens is 234 g/mol. The maximum absolute atomic E-state index is 4.06. The fourth-order valence-electron chi connectivity index (χ4n) is 2.59. The van der Waals surface area contributed by atoms with E-state index in [0.29, 0.717) is 6.04 Å². The summed E-state index contributed by atoms with van der Waals surface area (Å²) in [6.07, 6.45) is 4.83. The Kier molecular flexibility index (Phi) is 3.47. The zero-order valence-corrected chi connectivity index (χ0v) is 11.2. The molecule has 2 heterocycles. The third kappa shape index (κ3) is 2.61. The number of nitrogens with one attached hydrogen (secondary N) is 2. The lowest BCUT2D eigenvalue weighted by Crippen LogP contribution is -2.18. The highest BCUT2D eigenvalue weighted by Gasteiger charge is 2.14. The number of hydrogen-bond acceptors (Lipinski definition) is 3. The minimum Gasteiger partial charge on any atom is -0.384 e. The van der Waals surface area contributed by atoms with Crippen molar-refractivity contribution in [2.24, 2.45) is 0 Å². The van der Waals surface area contributed by atoms with E-state index in [0.717, 1.165) is 19.5 Å². The lowest BCUT2D eigenvalue weighted by Gasteiger charge is -2.16. The molecule has 1 aromatic heterocycles. The Morgan fingerprint density at radius 1 is 1.26 bits per heavy atom. The summed E-state index contributed by atoms with van der Waals surface area (Å²) in [6.45, 7) is 4.14. The van der Waals surface area contributed by atoms with Crippen molar-refractivity contribution in [3.8, 4) is 0 Å². The van der Waals surface area contributed by atoms with Gasteiger partial charge < -0.3 is 10.6 Å². The van der Waals surface area contributed by atoms with Gasteiger partial charge in [0.2, 0.25) is 0 Å². The van der Waals surface area contributed by atoms with Crippen LogP contribution in [0.1, 0.15) is 29.7 Å². The van der Waals surface area contributed by atoms with Crippen LogP contribution in [0, 0.1) is 0 Å². The first kappa shape index (κ1) is 12.2. The van der Waals surface area contributed by atoms with E-state index in [4.69, 9.17) is 0 Å². The summed E-state index contributed by atoms with van der Waals surface area (Å²) in [4.78, 5) is 4.06. The summed E-state index contributed by atoms with van der Waals surface area (Å²) in [5.74, 6) is 0. The second-order valence-corrected chi connectivity index (χ2v) is 5.01. The van der Waals surface area contributed by atoms with Crippen molar-refractivity contribution >= 4 is 5.69 Å². The van der Waals surface area contributed by atoms with Gasteiger partial charge in [-0.3, -0.25) is 4.98 Å². The molecule has 0 radical (unpaired) electrons. The summed E-state index contributed by atoms with van der Waals surface area (Å²) in [6, 6.07) is 11.0. The molecule has 1 aliphatic rings. The van der Waals surface area contributed by atoms with Crippen LogP contribution in [-0.4, -0.2) is 11.5 Å². The van der Waals surface area contributed by atoms with Gasteiger partial charge in [-0.1, -0.05) is 18.2 Å². The number of fused-ring (bicyclic) bond motifs is 1. The number of hydrogen-bond donors (Lipinski definition) is 2. The lowest BCUT2D eigenvalue weighted by molar-refractivity contribution is 0.575. The fourth-order valence-corrected chi connectivity index (χ4v) is 2.59. The topological polar surface area (TPSA) is 37.0 Å². The van der Waals surface area contributed by atoms with E-state index < -0.39 is 0 Å². The van der Waals surface area contributed by atoms with Gasteiger partial charge in [-0.15, -0.1) is 0 Å². The molecule has 0 fully saturated rings. The molecule has 19 heavy (non-hydrogen) atoms. The van der Waals surface area contributed by atoms with Crippen molar-refractivity contribution in [1.29, 1.82) is 0 Å². The van der Waals surface area contributed by atoms with Gasteiger partial charge in [0.15, 0.2) is 0 Å². The van der Waals surface area contributed by atoms with Crippen molar-refractivity contribution in [2.75, 3.05) is 11.9 Å². The molecule has 1 aliphatic heterocycles. The number of aromatic nitrogens is 1. The van der Waals surface area contributed by atoms with E-state index in [-0.39, 0.29) is 0 Å². The van der Waals surface area contributed by atoms with E-state index in [1.807, 2.05) is 12.4 Å². The molecule has 3 heteroatoms. The number of rotatable bonds is 4. The molecule has 1 atom stereocenters. The average Bonchev–Trinajstić information content (AvgIpc) is 2.94. The van der Waals surface area contributed by atoms with Crippen LogP contribution in [0.2, 0.25) is 0 Å². The van der Waals surface area contributed by atoms with Crippen molar-refractivity contribution in [3.05, 3.63) is 59.4 Å². The molecule has 3 nitrogen and oxygen atoms in total. The third-order valence-electron chi connectivity index (χ3n) is 3.74. The molecule has 0 saturated heterocycles. The van der Waals surface area contributed by atoms with Crippen molar-refractivity contribution in [2.45, 2.75) is 25.9 Å². The molecule has 0 saturated carbocycles. The van der Waals surface area contributed by atoms with Gasteiger partial charge in [0.25, 0.3) is 0 Å². The summed E-state index contributed by atoms with van der Waals surface area (Å²) in [7, 11) is 0. The Morgan fingerprint density at radius 2 is 2.11 bits per heavy atom. The highest BCUT2D eigenvalue weighted by molar-refractivity contribution is 5.61. The summed E-state index contributed by atoms with van der Waals surface area (Å²) >= 11 is 0. The minimum absolute atomic E-state index is 0.334. The predicted octanol–water partition coefficient (Wildman–Crippen LogP) is 2.90. The van der Waals surface area contributed by atoms with Crippen LogP contribution in [0.3, 0.4) is 0 Å². The van der Waals surface area contributed by atoms with Gasteiger partial charge in [-0.25, -0.2) is 0 Å². The number of para-hydroxylation sites is 1. The SMILES string of the molecule is C[C@@H](NCc1cccc2c1NCC2)c1ccncc1. The first-order chi connectivity index (χ1) is 9.34. The first-order valence-corrected chi connectivity index (χ1v) is 6.82. The smallest absolute Gasteiger partial charge is 0.0419 e. The summed E-state index contributed by atoms with van der Waals surface area (Å²) in [5, 5.41) is 7.06. The highest BCUT2D eigenvalue weighted by atomic mass is 14.9. The fraction of sp³-hybridized carbons (Fsp3) is 0.312. The Hall–Kier alpha value is -1.87. The standard InChI is InChI=1S/C16H19N3/c1-12(13-5-8-17-9-6-13)19-11-15-4-2-3-14-7-10-18-16(14)15/h2-6,8-9,12,18-19H,7,10-11H2,1H3/t12-/m1/s1. The largest absolute Gasteiger partial charge is 0.384 e. The molecule has 2 aromatic rings. The van der Waals surface area contributed by atoms with E-state index in [2.05, 4.69) is 52.9 Å². The molecule has 0 unspecified atom stereocenters. The molecule has 0 amide bonds. The average molecular weight is 253 g/mol. The van der Waals surface area contributed by atoms with Crippen LogP contribution in [0.25, 0.3) is 0 Å². The molecule has 0 bridgehead atoms. The third-order valence-corrected chi connectivity index (χ3v) is 3.74. The number of anilines is 1. The van der Waals surface area contributed by atoms with Gasteiger partial charge in [-0.05, 0) is 42.2 Å². The first-order valence-electron chi connectivity index (χ1n) is 6.82. The van der Waals surface area contributed by atoms with Crippen LogP contribution in [0.5, 0.6) is 0 Å². The minimum atomic E-state index is 0.334. The quantitative estimate of drug-likeness (QED) is 0.879. The maximum Gasteiger partial charge on any atom is 0.0419 e. The molecule has 0 aliphatic carbocycles. The molecule has 2 N–H and O–H groups in total. The number of nitrogens with zero attached hydrogens (tertiary/aromatic N) is 1. The summed E-state index contributed by atoms with van der Waals surface area (Å²) < 4.78 is 0. The Labute approximate surface area is 114 Å². The number of benzene rings is 1. The van der Waals surface area contributed by atoms with Gasteiger partial charge in [-0.2, -0.15) is 0 Å². The zero-order valence-electron chi connectivity index (χ0n) is 11.2. The Balaban J connectivity index is 1.69. The molecular formula is C16H19N3. The Morgan fingerprint density at radius 3 is 2.95 bits per heavy atom. The van der Waals surface area contributed by atoms with Crippen LogP contribution in [0.15, 0.2) is 42.7 Å². The second kappa shape index (κ2) is 5.41. The van der Waals surface area contributed by atoms with Gasteiger partial charge >= 0.3 is 0 Å². The molecule has 0 spiro atoms. The molecule has 3 rings (SSSR count).